The molecule has 1 fully saturated rings. The predicted octanol–water partition coefficient (Wildman–Crippen LogP) is 3.94. The van der Waals surface area contributed by atoms with Gasteiger partial charge in [0.25, 0.3) is 11.7 Å². The van der Waals surface area contributed by atoms with Crippen LogP contribution in [0.25, 0.3) is 11.4 Å². The zero-order chi connectivity index (χ0) is 22.9. The van der Waals surface area contributed by atoms with Crippen LogP contribution in [-0.4, -0.2) is 52.7 Å². The number of nitrogens with one attached hydrogen (secondary N) is 1. The Balaban J connectivity index is 1.43. The first-order valence-corrected chi connectivity index (χ1v) is 10.1. The summed E-state index contributed by atoms with van der Waals surface area (Å²) in [4.78, 5) is 36.2. The lowest BCUT2D eigenvalue weighted by Gasteiger charge is -2.36. The van der Waals surface area contributed by atoms with Crippen LogP contribution in [0.2, 0.25) is 0 Å². The number of pyridine rings is 1. The number of alkyl halides is 3. The van der Waals surface area contributed by atoms with Crippen LogP contribution >= 0.6 is 0 Å². The fraction of sp³-hybridized carbons (Fsp3) is 0.261. The van der Waals surface area contributed by atoms with E-state index < -0.39 is 23.4 Å². The van der Waals surface area contributed by atoms with Crippen LogP contribution in [0.1, 0.15) is 21.6 Å². The first kappa shape index (κ1) is 21.6. The summed E-state index contributed by atoms with van der Waals surface area (Å²) < 4.78 is 38.9. The number of Topliss-reactive ketones (excluding diaryl/α,β-unsaturated/α-hetero) is 1. The first-order valence-electron chi connectivity index (χ1n) is 10.1. The lowest BCUT2D eigenvalue weighted by Crippen LogP contribution is -2.50. The first-order chi connectivity index (χ1) is 15.2. The fourth-order valence-electron chi connectivity index (χ4n) is 3.76. The number of halogens is 3. The Hall–Kier alpha value is -3.62. The summed E-state index contributed by atoms with van der Waals surface area (Å²) in [6.45, 7) is 2.89. The maximum absolute atomic E-state index is 13.0. The Morgan fingerprint density at radius 1 is 1.00 bits per heavy atom. The molecule has 0 spiro atoms. The SMILES string of the molecule is Cc1[nH]c(-c2ccccn2)cc1C(=O)C(=O)N1CCN(c2cccc(C(F)(F)F)c2)CC1. The number of hydrogen-bond acceptors (Lipinski definition) is 4. The Morgan fingerprint density at radius 3 is 2.41 bits per heavy atom. The summed E-state index contributed by atoms with van der Waals surface area (Å²) >= 11 is 0. The molecule has 1 amide bonds. The monoisotopic (exact) mass is 442 g/mol. The summed E-state index contributed by atoms with van der Waals surface area (Å²) in [6.07, 6.45) is -2.77. The molecule has 0 radical (unpaired) electrons. The van der Waals surface area contributed by atoms with Crippen LogP contribution in [0.4, 0.5) is 18.9 Å². The molecule has 1 aromatic carbocycles. The highest BCUT2D eigenvalue weighted by molar-refractivity contribution is 6.43. The van der Waals surface area contributed by atoms with Crippen molar-refractivity contribution >= 4 is 17.4 Å². The second kappa shape index (κ2) is 8.49. The normalized spacial score (nSPS) is 14.5. The molecule has 3 heterocycles. The van der Waals surface area contributed by atoms with E-state index in [0.29, 0.717) is 35.9 Å². The van der Waals surface area contributed by atoms with Crippen molar-refractivity contribution in [2.24, 2.45) is 0 Å². The minimum Gasteiger partial charge on any atom is -0.368 e. The number of aromatic amines is 1. The molecular formula is C23H21F3N4O2. The number of nitrogens with zero attached hydrogens (tertiary/aromatic N) is 3. The summed E-state index contributed by atoms with van der Waals surface area (Å²) in [6, 6.07) is 12.1. The molecule has 6 nitrogen and oxygen atoms in total. The van der Waals surface area contributed by atoms with Gasteiger partial charge >= 0.3 is 6.18 Å². The molecule has 166 valence electrons. The van der Waals surface area contributed by atoms with Crippen LogP contribution in [0, 0.1) is 6.92 Å². The van der Waals surface area contributed by atoms with Crippen molar-refractivity contribution < 1.29 is 22.8 Å². The van der Waals surface area contributed by atoms with Crippen molar-refractivity contribution in [3.05, 3.63) is 71.5 Å². The molecule has 0 atom stereocenters. The summed E-state index contributed by atoms with van der Waals surface area (Å²) in [5.41, 5.74) is 1.91. The van der Waals surface area contributed by atoms with Gasteiger partial charge in [0.05, 0.1) is 17.0 Å². The maximum Gasteiger partial charge on any atom is 0.416 e. The van der Waals surface area contributed by atoms with Gasteiger partial charge < -0.3 is 14.8 Å². The summed E-state index contributed by atoms with van der Waals surface area (Å²) in [5.74, 6) is -1.24. The lowest BCUT2D eigenvalue weighted by molar-refractivity contribution is -0.137. The Labute approximate surface area is 182 Å². The molecule has 0 bridgehead atoms. The minimum absolute atomic E-state index is 0.247. The molecule has 4 rings (SSSR count). The molecule has 9 heteroatoms. The third-order valence-corrected chi connectivity index (χ3v) is 5.50. The van der Waals surface area contributed by atoms with Gasteiger partial charge in [-0.15, -0.1) is 0 Å². The topological polar surface area (TPSA) is 69.3 Å². The van der Waals surface area contributed by atoms with E-state index in [9.17, 15) is 22.8 Å². The van der Waals surface area contributed by atoms with Gasteiger partial charge in [0.1, 0.15) is 0 Å². The summed E-state index contributed by atoms with van der Waals surface area (Å²) in [7, 11) is 0. The summed E-state index contributed by atoms with van der Waals surface area (Å²) in [5, 5.41) is 0. The smallest absolute Gasteiger partial charge is 0.368 e. The van der Waals surface area contributed by atoms with Crippen LogP contribution in [0.15, 0.2) is 54.7 Å². The molecule has 1 aliphatic rings. The Morgan fingerprint density at radius 2 is 1.75 bits per heavy atom. The van der Waals surface area contributed by atoms with Crippen molar-refractivity contribution in [1.29, 1.82) is 0 Å². The average molecular weight is 442 g/mol. The zero-order valence-corrected chi connectivity index (χ0v) is 17.3. The van der Waals surface area contributed by atoms with Gasteiger partial charge in [0.15, 0.2) is 0 Å². The van der Waals surface area contributed by atoms with Gasteiger partial charge in [-0.3, -0.25) is 14.6 Å². The quantitative estimate of drug-likeness (QED) is 0.491. The van der Waals surface area contributed by atoms with Gasteiger partial charge in [-0.1, -0.05) is 12.1 Å². The number of hydrogen-bond donors (Lipinski definition) is 1. The number of benzene rings is 1. The molecule has 0 unspecified atom stereocenters. The number of ketones is 1. The van der Waals surface area contributed by atoms with Crippen LogP contribution in [0.5, 0.6) is 0 Å². The average Bonchev–Trinajstić information content (AvgIpc) is 3.20. The number of piperazine rings is 1. The Bertz CT molecular complexity index is 1130. The third kappa shape index (κ3) is 4.37. The molecule has 1 N–H and O–H groups in total. The number of amides is 1. The lowest BCUT2D eigenvalue weighted by atomic mass is 10.1. The number of carbonyl (C=O) groups is 2. The molecule has 0 saturated carbocycles. The molecule has 3 aromatic rings. The molecule has 1 aliphatic heterocycles. The van der Waals surface area contributed by atoms with E-state index in [4.69, 9.17) is 0 Å². The van der Waals surface area contributed by atoms with Crippen molar-refractivity contribution in [1.82, 2.24) is 14.9 Å². The zero-order valence-electron chi connectivity index (χ0n) is 17.3. The number of carbonyl (C=O) groups excluding carboxylic acids is 2. The number of H-pyrrole nitrogens is 1. The number of aryl methyl sites for hydroxylation is 1. The van der Waals surface area contributed by atoms with E-state index in [2.05, 4.69) is 9.97 Å². The van der Waals surface area contributed by atoms with Crippen LogP contribution < -0.4 is 4.90 Å². The van der Waals surface area contributed by atoms with Gasteiger partial charge in [-0.2, -0.15) is 13.2 Å². The molecule has 1 saturated heterocycles. The minimum atomic E-state index is -4.41. The highest BCUT2D eigenvalue weighted by Gasteiger charge is 2.32. The predicted molar refractivity (Wildman–Crippen MR) is 113 cm³/mol. The maximum atomic E-state index is 13.0. The van der Waals surface area contributed by atoms with E-state index in [-0.39, 0.29) is 18.7 Å². The van der Waals surface area contributed by atoms with Crippen LogP contribution in [0.3, 0.4) is 0 Å². The van der Waals surface area contributed by atoms with E-state index in [1.165, 1.54) is 11.0 Å². The van der Waals surface area contributed by atoms with Crippen molar-refractivity contribution in [3.63, 3.8) is 0 Å². The Kier molecular flexibility index (Phi) is 5.73. The van der Waals surface area contributed by atoms with E-state index >= 15 is 0 Å². The number of rotatable bonds is 4. The van der Waals surface area contributed by atoms with Crippen molar-refractivity contribution in [3.8, 4) is 11.4 Å². The van der Waals surface area contributed by atoms with Gasteiger partial charge in [0.2, 0.25) is 0 Å². The van der Waals surface area contributed by atoms with Gasteiger partial charge in [-0.05, 0) is 43.3 Å². The fourth-order valence-corrected chi connectivity index (χ4v) is 3.76. The van der Waals surface area contributed by atoms with Gasteiger partial charge in [0, 0.05) is 49.3 Å². The largest absolute Gasteiger partial charge is 0.416 e. The van der Waals surface area contributed by atoms with E-state index in [0.717, 1.165) is 12.1 Å². The van der Waals surface area contributed by atoms with Gasteiger partial charge in [-0.25, -0.2) is 0 Å². The molecule has 2 aromatic heterocycles. The third-order valence-electron chi connectivity index (χ3n) is 5.50. The highest BCUT2D eigenvalue weighted by atomic mass is 19.4. The van der Waals surface area contributed by atoms with Crippen molar-refractivity contribution in [2.45, 2.75) is 13.1 Å². The second-order valence-corrected chi connectivity index (χ2v) is 7.59. The molecule has 32 heavy (non-hydrogen) atoms. The molecular weight excluding hydrogens is 421 g/mol. The van der Waals surface area contributed by atoms with E-state index in [1.807, 2.05) is 6.07 Å². The molecule has 0 aliphatic carbocycles. The van der Waals surface area contributed by atoms with E-state index in [1.54, 1.807) is 42.3 Å². The second-order valence-electron chi connectivity index (χ2n) is 7.59. The number of anilines is 1. The van der Waals surface area contributed by atoms with Crippen LogP contribution in [-0.2, 0) is 11.0 Å². The van der Waals surface area contributed by atoms with Crippen molar-refractivity contribution in [2.75, 3.05) is 31.1 Å². The number of aromatic nitrogens is 2. The standard InChI is InChI=1S/C23H21F3N4O2/c1-15-18(14-20(28-15)19-7-2-3-8-27-19)21(31)22(32)30-11-9-29(10-12-30)17-6-4-5-16(13-17)23(24,25)26/h2-8,13-14,28H,9-12H2,1H3. The highest BCUT2D eigenvalue weighted by Crippen LogP contribution is 2.32.